The van der Waals surface area contributed by atoms with E-state index in [1.165, 1.54) is 12.1 Å². The Balaban J connectivity index is 1.94. The lowest BCUT2D eigenvalue weighted by Gasteiger charge is -2.11. The van der Waals surface area contributed by atoms with Gasteiger partial charge in [0, 0.05) is 29.9 Å². The summed E-state index contributed by atoms with van der Waals surface area (Å²) in [4.78, 5) is 34.5. The first-order valence-corrected chi connectivity index (χ1v) is 9.41. The van der Waals surface area contributed by atoms with E-state index in [0.717, 1.165) is 24.3 Å². The van der Waals surface area contributed by atoms with Gasteiger partial charge in [-0.15, -0.1) is 0 Å². The van der Waals surface area contributed by atoms with Crippen LogP contribution in [0.15, 0.2) is 90.9 Å². The van der Waals surface area contributed by atoms with Crippen LogP contribution in [0.25, 0.3) is 22.6 Å². The number of hydrogen-bond donors (Lipinski definition) is 0. The number of benzene rings is 2. The van der Waals surface area contributed by atoms with Gasteiger partial charge in [-0.25, -0.2) is 18.8 Å². The molecule has 33 heavy (non-hydrogen) atoms. The molecular formula is C25H17FO7. The van der Waals surface area contributed by atoms with Gasteiger partial charge in [0.2, 0.25) is 0 Å². The molecule has 0 aliphatic rings. The summed E-state index contributed by atoms with van der Waals surface area (Å²) in [5.41, 5.74) is 0.595. The Morgan fingerprint density at radius 2 is 1.24 bits per heavy atom. The van der Waals surface area contributed by atoms with E-state index in [9.17, 15) is 18.8 Å². The second-order valence-electron chi connectivity index (χ2n) is 6.34. The molecule has 0 amide bonds. The SMILES string of the molecule is C=CC(=O)Oc1ccc(-c2ccc(-c3cc(OC(=O)C=C)c(OC(=O)C=C)cc3F)o2)cc1. The quantitative estimate of drug-likeness (QED) is 0.271. The lowest BCUT2D eigenvalue weighted by atomic mass is 10.1. The highest BCUT2D eigenvalue weighted by atomic mass is 19.1. The molecule has 0 fully saturated rings. The van der Waals surface area contributed by atoms with Gasteiger partial charge in [0.05, 0.1) is 5.56 Å². The fourth-order valence-electron chi connectivity index (χ4n) is 2.67. The van der Waals surface area contributed by atoms with Gasteiger partial charge in [-0.1, -0.05) is 19.7 Å². The molecule has 0 N–H and O–H groups in total. The van der Waals surface area contributed by atoms with Crippen LogP contribution in [0.1, 0.15) is 0 Å². The Bertz CT molecular complexity index is 1250. The third kappa shape index (κ3) is 5.50. The molecule has 0 saturated carbocycles. The van der Waals surface area contributed by atoms with E-state index in [-0.39, 0.29) is 22.8 Å². The minimum Gasteiger partial charge on any atom is -0.456 e. The first-order chi connectivity index (χ1) is 15.8. The Morgan fingerprint density at radius 1 is 0.727 bits per heavy atom. The Hall–Kier alpha value is -4.72. The average molecular weight is 448 g/mol. The zero-order chi connectivity index (χ0) is 24.0. The normalized spacial score (nSPS) is 10.1. The molecule has 0 saturated heterocycles. The number of carbonyl (C=O) groups excluding carboxylic acids is 3. The van der Waals surface area contributed by atoms with Gasteiger partial charge in [-0.3, -0.25) is 0 Å². The monoisotopic (exact) mass is 448 g/mol. The maximum Gasteiger partial charge on any atom is 0.335 e. The second kappa shape index (κ2) is 10.1. The maximum absolute atomic E-state index is 14.8. The van der Waals surface area contributed by atoms with Crippen molar-refractivity contribution in [2.75, 3.05) is 0 Å². The van der Waals surface area contributed by atoms with Crippen molar-refractivity contribution in [3.63, 3.8) is 0 Å². The molecule has 7 nitrogen and oxygen atoms in total. The van der Waals surface area contributed by atoms with Crippen molar-refractivity contribution in [3.8, 4) is 39.9 Å². The lowest BCUT2D eigenvalue weighted by molar-refractivity contribution is -0.131. The molecule has 166 valence electrons. The van der Waals surface area contributed by atoms with E-state index in [4.69, 9.17) is 18.6 Å². The smallest absolute Gasteiger partial charge is 0.335 e. The van der Waals surface area contributed by atoms with E-state index in [1.54, 1.807) is 30.3 Å². The van der Waals surface area contributed by atoms with Crippen molar-refractivity contribution in [1.29, 1.82) is 0 Å². The molecule has 0 bridgehead atoms. The van der Waals surface area contributed by atoms with Crippen molar-refractivity contribution in [2.45, 2.75) is 0 Å². The Kier molecular flexibility index (Phi) is 7.00. The predicted octanol–water partition coefficient (Wildman–Crippen LogP) is 5.03. The van der Waals surface area contributed by atoms with E-state index in [0.29, 0.717) is 17.1 Å². The fraction of sp³-hybridized carbons (Fsp3) is 0. The number of rotatable bonds is 8. The van der Waals surface area contributed by atoms with Crippen molar-refractivity contribution >= 4 is 17.9 Å². The number of hydrogen-bond acceptors (Lipinski definition) is 7. The lowest BCUT2D eigenvalue weighted by Crippen LogP contribution is -2.09. The largest absolute Gasteiger partial charge is 0.456 e. The van der Waals surface area contributed by atoms with Crippen LogP contribution in [0.2, 0.25) is 0 Å². The van der Waals surface area contributed by atoms with Crippen molar-refractivity contribution in [1.82, 2.24) is 0 Å². The van der Waals surface area contributed by atoms with Gasteiger partial charge in [0.25, 0.3) is 0 Å². The first-order valence-electron chi connectivity index (χ1n) is 9.41. The average Bonchev–Trinajstić information content (AvgIpc) is 3.30. The first kappa shape index (κ1) is 23.0. The van der Waals surface area contributed by atoms with Crippen molar-refractivity contribution in [3.05, 3.63) is 92.3 Å². The molecule has 0 unspecified atom stereocenters. The summed E-state index contributed by atoms with van der Waals surface area (Å²) in [5, 5.41) is 0. The molecule has 0 spiro atoms. The van der Waals surface area contributed by atoms with Crippen LogP contribution in [-0.4, -0.2) is 17.9 Å². The minimum absolute atomic E-state index is 0.0388. The summed E-state index contributed by atoms with van der Waals surface area (Å²) in [7, 11) is 0. The summed E-state index contributed by atoms with van der Waals surface area (Å²) in [6.07, 6.45) is 2.84. The van der Waals surface area contributed by atoms with Gasteiger partial charge in [-0.05, 0) is 42.5 Å². The molecule has 0 radical (unpaired) electrons. The number of esters is 3. The molecule has 2 aromatic carbocycles. The van der Waals surface area contributed by atoms with Crippen LogP contribution in [0, 0.1) is 5.82 Å². The Labute approximate surface area is 188 Å². The highest BCUT2D eigenvalue weighted by Gasteiger charge is 2.19. The molecule has 0 atom stereocenters. The van der Waals surface area contributed by atoms with E-state index in [1.807, 2.05) is 0 Å². The molecule has 0 aliphatic heterocycles. The van der Waals surface area contributed by atoms with Gasteiger partial charge in [-0.2, -0.15) is 0 Å². The van der Waals surface area contributed by atoms with Crippen molar-refractivity contribution < 1.29 is 37.4 Å². The summed E-state index contributed by atoms with van der Waals surface area (Å²) in [6.45, 7) is 9.90. The Morgan fingerprint density at radius 3 is 1.82 bits per heavy atom. The van der Waals surface area contributed by atoms with Crippen LogP contribution < -0.4 is 14.2 Å². The van der Waals surface area contributed by atoms with Crippen LogP contribution in [0.5, 0.6) is 17.2 Å². The van der Waals surface area contributed by atoms with Crippen molar-refractivity contribution in [2.24, 2.45) is 0 Å². The van der Waals surface area contributed by atoms with E-state index < -0.39 is 23.7 Å². The molecule has 3 rings (SSSR count). The van der Waals surface area contributed by atoms with Crippen LogP contribution in [0.3, 0.4) is 0 Å². The zero-order valence-electron chi connectivity index (χ0n) is 17.2. The minimum atomic E-state index is -0.861. The molecule has 0 aliphatic carbocycles. The van der Waals surface area contributed by atoms with Crippen LogP contribution >= 0.6 is 0 Å². The maximum atomic E-state index is 14.8. The number of ether oxygens (including phenoxy) is 3. The third-order valence-corrected chi connectivity index (χ3v) is 4.18. The third-order valence-electron chi connectivity index (χ3n) is 4.18. The predicted molar refractivity (Wildman–Crippen MR) is 117 cm³/mol. The second-order valence-corrected chi connectivity index (χ2v) is 6.34. The van der Waals surface area contributed by atoms with E-state index in [2.05, 4.69) is 19.7 Å². The van der Waals surface area contributed by atoms with Gasteiger partial charge in [0.15, 0.2) is 11.5 Å². The van der Waals surface area contributed by atoms with Gasteiger partial charge in [0.1, 0.15) is 23.1 Å². The van der Waals surface area contributed by atoms with Gasteiger partial charge < -0.3 is 18.6 Å². The number of furan rings is 1. The molecule has 8 heteroatoms. The molecule has 1 aromatic heterocycles. The van der Waals surface area contributed by atoms with Gasteiger partial charge >= 0.3 is 17.9 Å². The highest BCUT2D eigenvalue weighted by molar-refractivity contribution is 5.87. The topological polar surface area (TPSA) is 92.0 Å². The molecule has 1 heterocycles. The highest BCUT2D eigenvalue weighted by Crippen LogP contribution is 2.37. The fourth-order valence-corrected chi connectivity index (χ4v) is 2.67. The summed E-state index contributed by atoms with van der Waals surface area (Å²) in [6, 6.07) is 11.6. The standard InChI is InChI=1S/C25H17FO7/c1-4-23(27)30-16-9-7-15(8-10-16)19-11-12-20(31-19)17-13-21(32-24(28)5-2)22(14-18(17)26)33-25(29)6-3/h4-14H,1-3H2. The van der Waals surface area contributed by atoms with Crippen LogP contribution in [-0.2, 0) is 14.4 Å². The molecule has 3 aromatic rings. The summed E-state index contributed by atoms with van der Waals surface area (Å²) >= 11 is 0. The summed E-state index contributed by atoms with van der Waals surface area (Å²) < 4.78 is 35.6. The van der Waals surface area contributed by atoms with E-state index >= 15 is 0 Å². The summed E-state index contributed by atoms with van der Waals surface area (Å²) in [5.74, 6) is -2.74. The van der Waals surface area contributed by atoms with Crippen LogP contribution in [0.4, 0.5) is 4.39 Å². The number of halogens is 1. The molecular weight excluding hydrogens is 431 g/mol. The zero-order valence-corrected chi connectivity index (χ0v) is 17.2. The number of carbonyl (C=O) groups is 3.